The number of carbonyl (C=O) groups excluding carboxylic acids is 1. The third kappa shape index (κ3) is 4.13. The van der Waals surface area contributed by atoms with Crippen molar-refractivity contribution in [2.45, 2.75) is 20.4 Å². The lowest BCUT2D eigenvalue weighted by molar-refractivity contribution is -0.129. The number of rotatable bonds is 7. The number of likely N-dealkylation sites (N-methyl/N-ethyl adjacent to an activating group) is 1. The highest BCUT2D eigenvalue weighted by atomic mass is 16.4. The summed E-state index contributed by atoms with van der Waals surface area (Å²) >= 11 is 0. The fourth-order valence-corrected chi connectivity index (χ4v) is 1.99. The Kier molecular flexibility index (Phi) is 5.45. The van der Waals surface area contributed by atoms with E-state index in [-0.39, 0.29) is 12.5 Å². The minimum atomic E-state index is 0.0720. The van der Waals surface area contributed by atoms with E-state index in [1.165, 1.54) is 0 Å². The van der Waals surface area contributed by atoms with Crippen LogP contribution in [0.4, 0.5) is 0 Å². The minimum Gasteiger partial charge on any atom is -0.419 e. The van der Waals surface area contributed by atoms with E-state index >= 15 is 0 Å². The molecule has 0 radical (unpaired) electrons. The van der Waals surface area contributed by atoms with Crippen molar-refractivity contribution in [3.8, 4) is 11.5 Å². The molecule has 0 bridgehead atoms. The van der Waals surface area contributed by atoms with Crippen molar-refractivity contribution >= 4 is 5.91 Å². The van der Waals surface area contributed by atoms with Gasteiger partial charge in [-0.1, -0.05) is 18.2 Å². The average molecular weight is 288 g/mol. The molecule has 0 aliphatic carbocycles. The first-order valence-corrected chi connectivity index (χ1v) is 7.10. The van der Waals surface area contributed by atoms with Gasteiger partial charge in [0.15, 0.2) is 0 Å². The quantitative estimate of drug-likeness (QED) is 0.839. The molecule has 1 heterocycles. The van der Waals surface area contributed by atoms with E-state index in [2.05, 4.69) is 15.5 Å². The first kappa shape index (κ1) is 15.2. The molecule has 0 atom stereocenters. The number of hydrogen-bond donors (Lipinski definition) is 1. The van der Waals surface area contributed by atoms with E-state index in [0.29, 0.717) is 18.3 Å². The van der Waals surface area contributed by atoms with Gasteiger partial charge in [0.05, 0.1) is 13.1 Å². The van der Waals surface area contributed by atoms with Crippen molar-refractivity contribution in [1.82, 2.24) is 20.4 Å². The molecule has 21 heavy (non-hydrogen) atoms. The Morgan fingerprint density at radius 3 is 2.57 bits per heavy atom. The van der Waals surface area contributed by atoms with Crippen LogP contribution in [0.25, 0.3) is 11.5 Å². The molecule has 0 spiro atoms. The Balaban J connectivity index is 1.85. The molecule has 0 saturated carbocycles. The molecule has 1 amide bonds. The highest BCUT2D eigenvalue weighted by Gasteiger charge is 2.11. The lowest BCUT2D eigenvalue weighted by Gasteiger charge is -2.18. The summed E-state index contributed by atoms with van der Waals surface area (Å²) in [5.41, 5.74) is 0.885. The van der Waals surface area contributed by atoms with Crippen LogP contribution in [-0.2, 0) is 11.3 Å². The summed E-state index contributed by atoms with van der Waals surface area (Å²) in [4.78, 5) is 13.6. The maximum atomic E-state index is 11.8. The number of amides is 1. The van der Waals surface area contributed by atoms with Gasteiger partial charge in [0.1, 0.15) is 0 Å². The molecule has 0 unspecified atom stereocenters. The van der Waals surface area contributed by atoms with Crippen LogP contribution in [0.2, 0.25) is 0 Å². The van der Waals surface area contributed by atoms with Crippen LogP contribution < -0.4 is 5.32 Å². The maximum absolute atomic E-state index is 11.8. The highest BCUT2D eigenvalue weighted by Crippen LogP contribution is 2.16. The van der Waals surface area contributed by atoms with Gasteiger partial charge < -0.3 is 9.32 Å². The smallest absolute Gasteiger partial charge is 0.247 e. The SMILES string of the molecule is CCN(CC)C(=O)CNCc1nnc(-c2ccccc2)o1. The van der Waals surface area contributed by atoms with E-state index in [0.717, 1.165) is 18.7 Å². The van der Waals surface area contributed by atoms with Crippen molar-refractivity contribution in [3.05, 3.63) is 36.2 Å². The maximum Gasteiger partial charge on any atom is 0.247 e. The fourth-order valence-electron chi connectivity index (χ4n) is 1.99. The molecular weight excluding hydrogens is 268 g/mol. The fraction of sp³-hybridized carbons (Fsp3) is 0.400. The molecular formula is C15H20N4O2. The summed E-state index contributed by atoms with van der Waals surface area (Å²) in [5, 5.41) is 11.0. The molecule has 6 nitrogen and oxygen atoms in total. The molecule has 1 N–H and O–H groups in total. The molecule has 0 aliphatic rings. The summed E-state index contributed by atoms with van der Waals surface area (Å²) in [6.45, 7) is 6.01. The molecule has 1 aromatic heterocycles. The molecule has 0 aliphatic heterocycles. The van der Waals surface area contributed by atoms with Gasteiger partial charge in [0, 0.05) is 18.7 Å². The van der Waals surface area contributed by atoms with E-state index in [9.17, 15) is 4.79 Å². The van der Waals surface area contributed by atoms with Crippen LogP contribution >= 0.6 is 0 Å². The van der Waals surface area contributed by atoms with Gasteiger partial charge >= 0.3 is 0 Å². The van der Waals surface area contributed by atoms with Crippen molar-refractivity contribution in [1.29, 1.82) is 0 Å². The van der Waals surface area contributed by atoms with Crippen molar-refractivity contribution in [3.63, 3.8) is 0 Å². The predicted molar refractivity (Wildman–Crippen MR) is 79.4 cm³/mol. The van der Waals surface area contributed by atoms with Crippen molar-refractivity contribution in [2.75, 3.05) is 19.6 Å². The average Bonchev–Trinajstić information content (AvgIpc) is 2.98. The number of hydrogen-bond acceptors (Lipinski definition) is 5. The molecule has 2 aromatic rings. The molecule has 0 fully saturated rings. The first-order chi connectivity index (χ1) is 10.2. The number of nitrogens with zero attached hydrogens (tertiary/aromatic N) is 3. The molecule has 2 rings (SSSR count). The zero-order valence-electron chi connectivity index (χ0n) is 12.4. The van der Waals surface area contributed by atoms with E-state index in [1.807, 2.05) is 44.2 Å². The zero-order chi connectivity index (χ0) is 15.1. The third-order valence-electron chi connectivity index (χ3n) is 3.16. The highest BCUT2D eigenvalue weighted by molar-refractivity contribution is 5.78. The van der Waals surface area contributed by atoms with E-state index < -0.39 is 0 Å². The van der Waals surface area contributed by atoms with Crippen LogP contribution in [0.15, 0.2) is 34.7 Å². The normalized spacial score (nSPS) is 10.6. The number of nitrogens with one attached hydrogen (secondary N) is 1. The van der Waals surface area contributed by atoms with Crippen molar-refractivity contribution in [2.24, 2.45) is 0 Å². The summed E-state index contributed by atoms with van der Waals surface area (Å²) in [5.74, 6) is 1.03. The standard InChI is InChI=1S/C15H20N4O2/c1-3-19(4-2)14(20)11-16-10-13-17-18-15(21-13)12-8-6-5-7-9-12/h5-9,16H,3-4,10-11H2,1-2H3. The van der Waals surface area contributed by atoms with Gasteiger partial charge in [-0.05, 0) is 26.0 Å². The Bertz CT molecular complexity index is 564. The van der Waals surface area contributed by atoms with Crippen LogP contribution in [0.1, 0.15) is 19.7 Å². The summed E-state index contributed by atoms with van der Waals surface area (Å²) in [7, 11) is 0. The Morgan fingerprint density at radius 1 is 1.19 bits per heavy atom. The second-order valence-corrected chi connectivity index (χ2v) is 4.54. The summed E-state index contributed by atoms with van der Waals surface area (Å²) < 4.78 is 5.56. The Morgan fingerprint density at radius 2 is 1.90 bits per heavy atom. The zero-order valence-corrected chi connectivity index (χ0v) is 12.4. The van der Waals surface area contributed by atoms with Crippen LogP contribution in [0, 0.1) is 0 Å². The van der Waals surface area contributed by atoms with Crippen LogP contribution in [0.5, 0.6) is 0 Å². The summed E-state index contributed by atoms with van der Waals surface area (Å²) in [6.07, 6.45) is 0. The summed E-state index contributed by atoms with van der Waals surface area (Å²) in [6, 6.07) is 9.59. The number of benzene rings is 1. The lowest BCUT2D eigenvalue weighted by atomic mass is 10.2. The second-order valence-electron chi connectivity index (χ2n) is 4.54. The molecule has 6 heteroatoms. The number of carbonyl (C=O) groups is 1. The van der Waals surface area contributed by atoms with Gasteiger partial charge in [0.25, 0.3) is 0 Å². The van der Waals surface area contributed by atoms with Crippen LogP contribution in [-0.4, -0.2) is 40.6 Å². The monoisotopic (exact) mass is 288 g/mol. The van der Waals surface area contributed by atoms with E-state index in [1.54, 1.807) is 4.90 Å². The largest absolute Gasteiger partial charge is 0.419 e. The molecule has 1 aromatic carbocycles. The van der Waals surface area contributed by atoms with Gasteiger partial charge in [-0.25, -0.2) is 0 Å². The van der Waals surface area contributed by atoms with Crippen molar-refractivity contribution < 1.29 is 9.21 Å². The number of aromatic nitrogens is 2. The lowest BCUT2D eigenvalue weighted by Crippen LogP contribution is -2.37. The van der Waals surface area contributed by atoms with Gasteiger partial charge in [0.2, 0.25) is 17.7 Å². The minimum absolute atomic E-state index is 0.0720. The van der Waals surface area contributed by atoms with Gasteiger partial charge in [-0.2, -0.15) is 0 Å². The van der Waals surface area contributed by atoms with Gasteiger partial charge in [-0.3, -0.25) is 10.1 Å². The first-order valence-electron chi connectivity index (χ1n) is 7.10. The predicted octanol–water partition coefficient (Wildman–Crippen LogP) is 1.69. The van der Waals surface area contributed by atoms with Gasteiger partial charge in [-0.15, -0.1) is 10.2 Å². The van der Waals surface area contributed by atoms with Crippen LogP contribution in [0.3, 0.4) is 0 Å². The molecule has 0 saturated heterocycles. The Labute approximate surface area is 124 Å². The second kappa shape index (κ2) is 7.54. The topological polar surface area (TPSA) is 71.3 Å². The third-order valence-corrected chi connectivity index (χ3v) is 3.16. The van der Waals surface area contributed by atoms with E-state index in [4.69, 9.17) is 4.42 Å². The Hall–Kier alpha value is -2.21. The molecule has 112 valence electrons.